The molecule has 0 spiro atoms. The molecule has 0 saturated heterocycles. The van der Waals surface area contributed by atoms with Crippen LogP contribution in [-0.2, 0) is 0 Å². The number of nitro benzene ring substituents is 1. The summed E-state index contributed by atoms with van der Waals surface area (Å²) in [6.07, 6.45) is 2.70. The second kappa shape index (κ2) is 8.36. The molecule has 10 heteroatoms. The van der Waals surface area contributed by atoms with Crippen molar-refractivity contribution >= 4 is 23.3 Å². The lowest BCUT2D eigenvalue weighted by atomic mass is 10.2. The Morgan fingerprint density at radius 3 is 2.11 bits per heavy atom. The third kappa shape index (κ3) is 4.85. The second-order valence-corrected chi connectivity index (χ2v) is 5.46. The van der Waals surface area contributed by atoms with Crippen LogP contribution < -0.4 is 10.2 Å². The van der Waals surface area contributed by atoms with Crippen LogP contribution in [0, 0.1) is 20.2 Å². The molecule has 0 unspecified atom stereocenters. The fourth-order valence-corrected chi connectivity index (χ4v) is 2.12. The first-order chi connectivity index (χ1) is 13.5. The molecule has 1 heterocycles. The maximum atomic E-state index is 10.6. The first kappa shape index (κ1) is 18.5. The van der Waals surface area contributed by atoms with E-state index in [-0.39, 0.29) is 17.3 Å². The third-order valence-corrected chi connectivity index (χ3v) is 3.52. The predicted molar refractivity (Wildman–Crippen MR) is 102 cm³/mol. The van der Waals surface area contributed by atoms with Crippen LogP contribution in [0.5, 0.6) is 11.6 Å². The summed E-state index contributed by atoms with van der Waals surface area (Å²) in [6, 6.07) is 15.6. The SMILES string of the molecule is O=[N+]([O-])c1ccc(N/N=C/c2ccc(Oc3ccc([N+](=O)[O-])cn3)cc2)cc1. The molecule has 1 aromatic heterocycles. The van der Waals surface area contributed by atoms with Crippen molar-refractivity contribution < 1.29 is 14.6 Å². The monoisotopic (exact) mass is 379 g/mol. The summed E-state index contributed by atoms with van der Waals surface area (Å²) in [6.45, 7) is 0. The molecule has 0 radical (unpaired) electrons. The van der Waals surface area contributed by atoms with Crippen LogP contribution >= 0.6 is 0 Å². The van der Waals surface area contributed by atoms with Gasteiger partial charge in [-0.2, -0.15) is 5.10 Å². The zero-order valence-electron chi connectivity index (χ0n) is 14.3. The van der Waals surface area contributed by atoms with Crippen molar-refractivity contribution in [2.24, 2.45) is 5.10 Å². The molecule has 0 aliphatic heterocycles. The highest BCUT2D eigenvalue weighted by Gasteiger charge is 2.06. The van der Waals surface area contributed by atoms with Crippen LogP contribution in [0.1, 0.15) is 5.56 Å². The summed E-state index contributed by atoms with van der Waals surface area (Å²) >= 11 is 0. The fraction of sp³-hybridized carbons (Fsp3) is 0. The van der Waals surface area contributed by atoms with Gasteiger partial charge in [0.25, 0.3) is 11.4 Å². The van der Waals surface area contributed by atoms with Crippen LogP contribution in [0.2, 0.25) is 0 Å². The van der Waals surface area contributed by atoms with Crippen LogP contribution in [0.4, 0.5) is 17.1 Å². The molecule has 28 heavy (non-hydrogen) atoms. The summed E-state index contributed by atoms with van der Waals surface area (Å²) in [4.78, 5) is 24.1. The minimum Gasteiger partial charge on any atom is -0.439 e. The van der Waals surface area contributed by atoms with Crippen molar-refractivity contribution in [3.63, 3.8) is 0 Å². The molecule has 0 aliphatic carbocycles. The summed E-state index contributed by atoms with van der Waals surface area (Å²) in [5, 5.41) is 25.3. The Bertz CT molecular complexity index is 1000. The number of non-ortho nitro benzene ring substituents is 1. The highest BCUT2D eigenvalue weighted by Crippen LogP contribution is 2.21. The van der Waals surface area contributed by atoms with Gasteiger partial charge in [-0.1, -0.05) is 0 Å². The number of nitrogens with one attached hydrogen (secondary N) is 1. The quantitative estimate of drug-likeness (QED) is 0.370. The number of pyridine rings is 1. The first-order valence-electron chi connectivity index (χ1n) is 7.93. The minimum absolute atomic E-state index is 0.00706. The van der Waals surface area contributed by atoms with E-state index in [0.29, 0.717) is 11.4 Å². The molecule has 2 aromatic carbocycles. The molecule has 3 rings (SSSR count). The van der Waals surface area contributed by atoms with Crippen molar-refractivity contribution in [1.29, 1.82) is 0 Å². The second-order valence-electron chi connectivity index (χ2n) is 5.46. The number of hydrazone groups is 1. The molecule has 3 aromatic rings. The summed E-state index contributed by atoms with van der Waals surface area (Å²) in [7, 11) is 0. The Balaban J connectivity index is 1.57. The number of aromatic nitrogens is 1. The maximum absolute atomic E-state index is 10.6. The molecule has 0 fully saturated rings. The minimum atomic E-state index is -0.532. The van der Waals surface area contributed by atoms with E-state index in [1.807, 2.05) is 0 Å². The molecule has 10 nitrogen and oxygen atoms in total. The molecule has 140 valence electrons. The van der Waals surface area contributed by atoms with E-state index in [0.717, 1.165) is 11.8 Å². The normalized spacial score (nSPS) is 10.6. The highest BCUT2D eigenvalue weighted by atomic mass is 16.6. The van der Waals surface area contributed by atoms with E-state index in [1.165, 1.54) is 24.3 Å². The first-order valence-corrected chi connectivity index (χ1v) is 7.93. The van der Waals surface area contributed by atoms with Gasteiger partial charge in [0.05, 0.1) is 21.7 Å². The van der Waals surface area contributed by atoms with E-state index < -0.39 is 9.85 Å². The number of anilines is 1. The van der Waals surface area contributed by atoms with Gasteiger partial charge >= 0.3 is 0 Å². The summed E-state index contributed by atoms with van der Waals surface area (Å²) in [5.74, 6) is 0.758. The number of nitrogens with zero attached hydrogens (tertiary/aromatic N) is 4. The number of hydrogen-bond acceptors (Lipinski definition) is 8. The predicted octanol–water partition coefficient (Wildman–Crippen LogP) is 4.14. The lowest BCUT2D eigenvalue weighted by molar-refractivity contribution is -0.385. The van der Waals surface area contributed by atoms with E-state index in [9.17, 15) is 20.2 Å². The lowest BCUT2D eigenvalue weighted by Crippen LogP contribution is -1.93. The molecule has 0 aliphatic rings. The number of benzene rings is 2. The summed E-state index contributed by atoms with van der Waals surface area (Å²) in [5.41, 5.74) is 4.08. The lowest BCUT2D eigenvalue weighted by Gasteiger charge is -2.04. The van der Waals surface area contributed by atoms with Gasteiger partial charge in [0.15, 0.2) is 0 Å². The molecule has 0 atom stereocenters. The van der Waals surface area contributed by atoms with E-state index in [4.69, 9.17) is 4.74 Å². The number of hydrogen-bond donors (Lipinski definition) is 1. The summed E-state index contributed by atoms with van der Waals surface area (Å²) < 4.78 is 5.52. The standard InChI is InChI=1S/C18H13N5O5/c24-22(25)15-5-3-14(4-6-15)21-20-11-13-1-8-17(9-2-13)28-18-10-7-16(12-19-18)23(26)27/h1-12,21H/b20-11+. The van der Waals surface area contributed by atoms with Crippen molar-refractivity contribution in [1.82, 2.24) is 4.98 Å². The number of nitro groups is 2. The van der Waals surface area contributed by atoms with Crippen LogP contribution in [0.15, 0.2) is 72.0 Å². The number of rotatable bonds is 7. The zero-order chi connectivity index (χ0) is 19.9. The van der Waals surface area contributed by atoms with Gasteiger partial charge in [0.1, 0.15) is 11.9 Å². The van der Waals surface area contributed by atoms with Gasteiger partial charge < -0.3 is 4.74 Å². The molecule has 0 saturated carbocycles. The zero-order valence-corrected chi connectivity index (χ0v) is 14.3. The molecule has 1 N–H and O–H groups in total. The van der Waals surface area contributed by atoms with Crippen LogP contribution in [0.25, 0.3) is 0 Å². The largest absolute Gasteiger partial charge is 0.439 e. The average molecular weight is 379 g/mol. The molecular weight excluding hydrogens is 366 g/mol. The average Bonchev–Trinajstić information content (AvgIpc) is 2.70. The van der Waals surface area contributed by atoms with E-state index in [2.05, 4.69) is 15.5 Å². The Morgan fingerprint density at radius 2 is 1.54 bits per heavy atom. The van der Waals surface area contributed by atoms with Gasteiger partial charge in [0.2, 0.25) is 5.88 Å². The Morgan fingerprint density at radius 1 is 0.893 bits per heavy atom. The Kier molecular flexibility index (Phi) is 5.51. The van der Waals surface area contributed by atoms with Crippen LogP contribution in [-0.4, -0.2) is 21.0 Å². The van der Waals surface area contributed by atoms with Crippen LogP contribution in [0.3, 0.4) is 0 Å². The topological polar surface area (TPSA) is 133 Å². The molecular formula is C18H13N5O5. The van der Waals surface area contributed by atoms with Gasteiger partial charge in [-0.3, -0.25) is 25.7 Å². The smallest absolute Gasteiger partial charge is 0.287 e. The number of ether oxygens (including phenoxy) is 1. The highest BCUT2D eigenvalue weighted by molar-refractivity contribution is 5.80. The van der Waals surface area contributed by atoms with Gasteiger partial charge in [0, 0.05) is 24.3 Å². The molecule has 0 amide bonds. The maximum Gasteiger partial charge on any atom is 0.287 e. The van der Waals surface area contributed by atoms with Crippen molar-refractivity contribution in [2.75, 3.05) is 5.43 Å². The van der Waals surface area contributed by atoms with Gasteiger partial charge in [-0.15, -0.1) is 0 Å². The third-order valence-electron chi connectivity index (χ3n) is 3.52. The van der Waals surface area contributed by atoms with E-state index >= 15 is 0 Å². The van der Waals surface area contributed by atoms with Crippen molar-refractivity contribution in [2.45, 2.75) is 0 Å². The van der Waals surface area contributed by atoms with Gasteiger partial charge in [-0.25, -0.2) is 4.98 Å². The fourth-order valence-electron chi connectivity index (χ4n) is 2.12. The van der Waals surface area contributed by atoms with E-state index in [1.54, 1.807) is 42.6 Å². The molecule has 0 bridgehead atoms. The van der Waals surface area contributed by atoms with Crippen molar-refractivity contribution in [3.8, 4) is 11.6 Å². The Labute approximate surface area is 158 Å². The Hall–Kier alpha value is -4.34. The van der Waals surface area contributed by atoms with Gasteiger partial charge in [-0.05, 0) is 42.0 Å². The van der Waals surface area contributed by atoms with Crippen molar-refractivity contribution in [3.05, 3.63) is 92.7 Å².